The summed E-state index contributed by atoms with van der Waals surface area (Å²) in [4.78, 5) is 1.17. The number of aromatic nitrogens is 3. The van der Waals surface area contributed by atoms with E-state index >= 15 is 0 Å². The molecule has 130 valence electrons. The molecular weight excluding hydrogens is 354 g/mol. The summed E-state index contributed by atoms with van der Waals surface area (Å²) in [5.74, 6) is 3.44. The third kappa shape index (κ3) is 3.39. The number of thioether (sulfide) groups is 1. The Hall–Kier alpha value is -1.99. The first kappa shape index (κ1) is 16.5. The van der Waals surface area contributed by atoms with E-state index in [-0.39, 0.29) is 0 Å². The van der Waals surface area contributed by atoms with Gasteiger partial charge < -0.3 is 9.47 Å². The van der Waals surface area contributed by atoms with Crippen molar-refractivity contribution in [2.45, 2.75) is 29.8 Å². The van der Waals surface area contributed by atoms with E-state index in [1.807, 2.05) is 18.2 Å². The van der Waals surface area contributed by atoms with Crippen LogP contribution in [-0.4, -0.2) is 29.0 Å². The summed E-state index contributed by atoms with van der Waals surface area (Å²) in [5.41, 5.74) is 1.09. The van der Waals surface area contributed by atoms with Gasteiger partial charge in [-0.05, 0) is 42.5 Å². The van der Waals surface area contributed by atoms with Crippen molar-refractivity contribution in [2.24, 2.45) is 0 Å². The Kier molecular flexibility index (Phi) is 4.67. The third-order valence-electron chi connectivity index (χ3n) is 4.16. The van der Waals surface area contributed by atoms with Crippen LogP contribution < -0.4 is 9.47 Å². The Morgan fingerprint density at radius 2 is 2.08 bits per heavy atom. The monoisotopic (exact) mass is 373 g/mol. The van der Waals surface area contributed by atoms with Gasteiger partial charge >= 0.3 is 0 Å². The fraction of sp³-hybridized carbons (Fsp3) is 0.333. The van der Waals surface area contributed by atoms with Crippen molar-refractivity contribution < 1.29 is 9.47 Å². The van der Waals surface area contributed by atoms with Crippen molar-refractivity contribution in [1.29, 1.82) is 0 Å². The lowest BCUT2D eigenvalue weighted by Crippen LogP contribution is -1.99. The first-order valence-electron chi connectivity index (χ1n) is 8.12. The number of benzene rings is 1. The average Bonchev–Trinajstić information content (AvgIpc) is 3.17. The normalized spacial score (nSPS) is 13.8. The van der Waals surface area contributed by atoms with Crippen LogP contribution in [0.3, 0.4) is 0 Å². The molecule has 2 heterocycles. The van der Waals surface area contributed by atoms with Crippen LogP contribution in [0, 0.1) is 0 Å². The zero-order chi connectivity index (χ0) is 17.2. The highest BCUT2D eigenvalue weighted by Gasteiger charge is 2.30. The van der Waals surface area contributed by atoms with Gasteiger partial charge in [0, 0.05) is 17.4 Å². The number of thiophene rings is 1. The van der Waals surface area contributed by atoms with Crippen LogP contribution in [0.1, 0.15) is 24.4 Å². The van der Waals surface area contributed by atoms with Gasteiger partial charge in [-0.25, -0.2) is 0 Å². The van der Waals surface area contributed by atoms with Crippen LogP contribution in [0.5, 0.6) is 11.5 Å². The molecule has 25 heavy (non-hydrogen) atoms. The minimum Gasteiger partial charge on any atom is -0.497 e. The van der Waals surface area contributed by atoms with Gasteiger partial charge in [0.2, 0.25) is 0 Å². The fourth-order valence-corrected chi connectivity index (χ4v) is 4.44. The van der Waals surface area contributed by atoms with Crippen LogP contribution in [0.2, 0.25) is 0 Å². The number of nitrogens with zero attached hydrogens (tertiary/aromatic N) is 3. The highest BCUT2D eigenvalue weighted by Crippen LogP contribution is 2.42. The number of rotatable bonds is 7. The van der Waals surface area contributed by atoms with Gasteiger partial charge in [-0.3, -0.25) is 4.57 Å². The summed E-state index contributed by atoms with van der Waals surface area (Å²) in [6.45, 7) is 0. The molecule has 0 spiro atoms. The topological polar surface area (TPSA) is 49.2 Å². The molecule has 1 aliphatic carbocycles. The number of hydrogen-bond donors (Lipinski definition) is 0. The Labute approximate surface area is 155 Å². The lowest BCUT2D eigenvalue weighted by atomic mass is 10.2. The summed E-state index contributed by atoms with van der Waals surface area (Å²) in [5, 5.41) is 12.0. The van der Waals surface area contributed by atoms with Crippen molar-refractivity contribution >= 4 is 23.1 Å². The zero-order valence-electron chi connectivity index (χ0n) is 14.1. The van der Waals surface area contributed by atoms with Gasteiger partial charge in [0.05, 0.1) is 19.1 Å². The van der Waals surface area contributed by atoms with Crippen LogP contribution in [0.25, 0.3) is 10.7 Å². The second-order valence-electron chi connectivity index (χ2n) is 5.85. The lowest BCUT2D eigenvalue weighted by molar-refractivity contribution is 0.400. The summed E-state index contributed by atoms with van der Waals surface area (Å²) < 4.78 is 13.1. The smallest absolute Gasteiger partial charge is 0.192 e. The molecular formula is C18H19N3O2S2. The van der Waals surface area contributed by atoms with Gasteiger partial charge in [0.25, 0.3) is 0 Å². The molecule has 0 N–H and O–H groups in total. The first-order chi connectivity index (χ1) is 12.3. The molecule has 7 heteroatoms. The van der Waals surface area contributed by atoms with Gasteiger partial charge in [-0.15, -0.1) is 21.5 Å². The Morgan fingerprint density at radius 3 is 2.76 bits per heavy atom. The molecule has 1 fully saturated rings. The summed E-state index contributed by atoms with van der Waals surface area (Å²) >= 11 is 3.40. The van der Waals surface area contributed by atoms with Gasteiger partial charge in [0.15, 0.2) is 11.0 Å². The Balaban J connectivity index is 1.60. The molecule has 1 aliphatic rings. The van der Waals surface area contributed by atoms with E-state index in [0.717, 1.165) is 33.8 Å². The molecule has 0 bridgehead atoms. The van der Waals surface area contributed by atoms with Crippen LogP contribution in [0.15, 0.2) is 40.9 Å². The average molecular weight is 374 g/mol. The predicted octanol–water partition coefficient (Wildman–Crippen LogP) is 4.65. The molecule has 5 nitrogen and oxygen atoms in total. The maximum Gasteiger partial charge on any atom is 0.192 e. The van der Waals surface area contributed by atoms with Crippen molar-refractivity contribution in [3.63, 3.8) is 0 Å². The van der Waals surface area contributed by atoms with Crippen molar-refractivity contribution in [2.75, 3.05) is 14.2 Å². The Morgan fingerprint density at radius 1 is 1.20 bits per heavy atom. The van der Waals surface area contributed by atoms with E-state index in [4.69, 9.17) is 9.47 Å². The van der Waals surface area contributed by atoms with E-state index in [0.29, 0.717) is 6.04 Å². The van der Waals surface area contributed by atoms with Crippen LogP contribution in [-0.2, 0) is 5.75 Å². The molecule has 4 rings (SSSR count). The molecule has 1 saturated carbocycles. The first-order valence-corrected chi connectivity index (χ1v) is 9.99. The Bertz CT molecular complexity index is 857. The second-order valence-corrected chi connectivity index (χ2v) is 7.74. The lowest BCUT2D eigenvalue weighted by Gasteiger charge is -2.11. The molecule has 3 aromatic rings. The highest BCUT2D eigenvalue weighted by atomic mass is 32.2. The maximum atomic E-state index is 5.48. The minimum atomic E-state index is 0.529. The molecule has 0 saturated heterocycles. The molecule has 0 aliphatic heterocycles. The fourth-order valence-electron chi connectivity index (χ4n) is 2.75. The predicted molar refractivity (Wildman–Crippen MR) is 101 cm³/mol. The summed E-state index contributed by atoms with van der Waals surface area (Å²) in [7, 11) is 3.37. The van der Waals surface area contributed by atoms with Crippen molar-refractivity contribution in [1.82, 2.24) is 14.8 Å². The standard InChI is InChI=1S/C18H19N3O2S2/c1-22-14-7-8-15(23-2)12(10-14)11-25-18-20-19-17(16-4-3-9-24-16)21(18)13-5-6-13/h3-4,7-10,13H,5-6,11H2,1-2H3. The number of methoxy groups -OCH3 is 2. The van der Waals surface area contributed by atoms with Gasteiger partial charge in [-0.1, -0.05) is 17.8 Å². The highest BCUT2D eigenvalue weighted by molar-refractivity contribution is 7.98. The van der Waals surface area contributed by atoms with Crippen molar-refractivity contribution in [3.8, 4) is 22.2 Å². The van der Waals surface area contributed by atoms with Gasteiger partial charge in [-0.2, -0.15) is 0 Å². The van der Waals surface area contributed by atoms with E-state index < -0.39 is 0 Å². The van der Waals surface area contributed by atoms with Crippen molar-refractivity contribution in [3.05, 3.63) is 41.3 Å². The number of hydrogen-bond acceptors (Lipinski definition) is 6. The van der Waals surface area contributed by atoms with E-state index in [2.05, 4.69) is 32.3 Å². The molecule has 1 aromatic carbocycles. The van der Waals surface area contributed by atoms with Crippen LogP contribution >= 0.6 is 23.1 Å². The summed E-state index contributed by atoms with van der Waals surface area (Å²) in [6, 6.07) is 10.6. The van der Waals surface area contributed by atoms with Gasteiger partial charge in [0.1, 0.15) is 11.5 Å². The van der Waals surface area contributed by atoms with E-state index in [1.165, 1.54) is 17.7 Å². The second kappa shape index (κ2) is 7.09. The van der Waals surface area contributed by atoms with Crippen LogP contribution in [0.4, 0.5) is 0 Å². The van der Waals surface area contributed by atoms with E-state index in [9.17, 15) is 0 Å². The quantitative estimate of drug-likeness (QED) is 0.564. The largest absolute Gasteiger partial charge is 0.497 e. The zero-order valence-corrected chi connectivity index (χ0v) is 15.8. The molecule has 0 atom stereocenters. The third-order valence-corrected chi connectivity index (χ3v) is 6.02. The number of ether oxygens (including phenoxy) is 2. The SMILES string of the molecule is COc1ccc(OC)c(CSc2nnc(-c3cccs3)n2C2CC2)c1. The maximum absolute atomic E-state index is 5.48. The minimum absolute atomic E-state index is 0.529. The molecule has 0 radical (unpaired) electrons. The summed E-state index contributed by atoms with van der Waals surface area (Å²) in [6.07, 6.45) is 2.40. The molecule has 0 unspecified atom stereocenters. The molecule has 0 amide bonds. The molecule has 2 aromatic heterocycles. The van der Waals surface area contributed by atoms with E-state index in [1.54, 1.807) is 37.3 Å².